The molecule has 5 nitrogen and oxygen atoms in total. The third-order valence-corrected chi connectivity index (χ3v) is 3.78. The zero-order valence-corrected chi connectivity index (χ0v) is 12.9. The number of hydrogen-bond donors (Lipinski definition) is 1. The van der Waals surface area contributed by atoms with Crippen LogP contribution in [-0.4, -0.2) is 30.3 Å². The molecule has 1 aromatic heterocycles. The Balaban J connectivity index is 2.18. The number of hydrogen-bond acceptors (Lipinski definition) is 4. The van der Waals surface area contributed by atoms with Crippen LogP contribution in [-0.2, 0) is 0 Å². The highest BCUT2D eigenvalue weighted by Crippen LogP contribution is 2.18. The van der Waals surface area contributed by atoms with Crippen LogP contribution in [0.5, 0.6) is 0 Å². The molecule has 0 aliphatic carbocycles. The standard InChI is InChI=1S/C16H15N3O2S/c1-19(9-4-8-17)16(21)13-5-2-3-6-14(13)18-15(20)12-7-10-22-11-12/h2-3,5-7,10-11H,4,9H2,1H3,(H,18,20). The molecule has 0 atom stereocenters. The van der Waals surface area contributed by atoms with Crippen LogP contribution in [0.25, 0.3) is 0 Å². The first kappa shape index (κ1) is 15.7. The summed E-state index contributed by atoms with van der Waals surface area (Å²) in [5.74, 6) is -0.474. The van der Waals surface area contributed by atoms with Crippen molar-refractivity contribution in [3.8, 4) is 6.07 Å². The molecule has 1 aromatic carbocycles. The molecule has 0 saturated heterocycles. The molecule has 2 amide bonds. The van der Waals surface area contributed by atoms with Crippen molar-refractivity contribution in [3.63, 3.8) is 0 Å². The van der Waals surface area contributed by atoms with Crippen LogP contribution < -0.4 is 5.32 Å². The van der Waals surface area contributed by atoms with Gasteiger partial charge in [-0.3, -0.25) is 9.59 Å². The number of carbonyl (C=O) groups excluding carboxylic acids is 2. The van der Waals surface area contributed by atoms with E-state index in [0.717, 1.165) is 0 Å². The molecule has 0 saturated carbocycles. The number of benzene rings is 1. The molecule has 2 rings (SSSR count). The molecule has 0 bridgehead atoms. The van der Waals surface area contributed by atoms with Gasteiger partial charge in [-0.15, -0.1) is 0 Å². The summed E-state index contributed by atoms with van der Waals surface area (Å²) in [6.07, 6.45) is 0.270. The highest BCUT2D eigenvalue weighted by Gasteiger charge is 2.17. The molecule has 1 N–H and O–H groups in total. The minimum absolute atomic E-state index is 0.225. The van der Waals surface area contributed by atoms with Crippen LogP contribution in [0, 0.1) is 11.3 Å². The molecule has 0 unspecified atom stereocenters. The van der Waals surface area contributed by atoms with E-state index in [9.17, 15) is 9.59 Å². The lowest BCUT2D eigenvalue weighted by Gasteiger charge is -2.18. The lowest BCUT2D eigenvalue weighted by Crippen LogP contribution is -2.28. The summed E-state index contributed by atoms with van der Waals surface area (Å²) in [5.41, 5.74) is 1.43. The van der Waals surface area contributed by atoms with Gasteiger partial charge in [-0.05, 0) is 23.6 Å². The molecule has 0 fully saturated rings. The second-order valence-corrected chi connectivity index (χ2v) is 5.43. The maximum atomic E-state index is 12.4. The molecule has 1 heterocycles. The van der Waals surface area contributed by atoms with Gasteiger partial charge in [0.15, 0.2) is 0 Å². The number of para-hydroxylation sites is 1. The number of nitrogens with zero attached hydrogens (tertiary/aromatic N) is 2. The first-order chi connectivity index (χ1) is 10.6. The number of rotatable bonds is 5. The maximum Gasteiger partial charge on any atom is 0.256 e. The van der Waals surface area contributed by atoms with E-state index in [1.54, 1.807) is 42.8 Å². The molecular weight excluding hydrogens is 298 g/mol. The molecular formula is C16H15N3O2S. The highest BCUT2D eigenvalue weighted by molar-refractivity contribution is 7.08. The summed E-state index contributed by atoms with van der Waals surface area (Å²) in [7, 11) is 1.64. The van der Waals surface area contributed by atoms with Crippen molar-refractivity contribution in [2.24, 2.45) is 0 Å². The van der Waals surface area contributed by atoms with Crippen LogP contribution >= 0.6 is 11.3 Å². The van der Waals surface area contributed by atoms with Gasteiger partial charge in [-0.1, -0.05) is 12.1 Å². The van der Waals surface area contributed by atoms with E-state index in [4.69, 9.17) is 5.26 Å². The molecule has 0 spiro atoms. The second kappa shape index (κ2) is 7.38. The van der Waals surface area contributed by atoms with Gasteiger partial charge in [0.05, 0.1) is 29.3 Å². The number of carbonyl (C=O) groups is 2. The van der Waals surface area contributed by atoms with E-state index in [1.165, 1.54) is 16.2 Å². The van der Waals surface area contributed by atoms with Crippen molar-refractivity contribution in [3.05, 3.63) is 52.2 Å². The summed E-state index contributed by atoms with van der Waals surface area (Å²) in [4.78, 5) is 26.0. The molecule has 2 aromatic rings. The summed E-state index contributed by atoms with van der Waals surface area (Å²) in [5, 5.41) is 14.9. The molecule has 0 aliphatic heterocycles. The summed E-state index contributed by atoms with van der Waals surface area (Å²) < 4.78 is 0. The van der Waals surface area contributed by atoms with Crippen molar-refractivity contribution in [1.29, 1.82) is 5.26 Å². The van der Waals surface area contributed by atoms with Gasteiger partial charge in [0.25, 0.3) is 11.8 Å². The normalized spacial score (nSPS) is 9.82. The molecule has 0 aliphatic rings. The smallest absolute Gasteiger partial charge is 0.256 e. The third kappa shape index (κ3) is 3.71. The van der Waals surface area contributed by atoms with Crippen LogP contribution in [0.4, 0.5) is 5.69 Å². The monoisotopic (exact) mass is 313 g/mol. The summed E-state index contributed by atoms with van der Waals surface area (Å²) in [6.45, 7) is 0.349. The van der Waals surface area contributed by atoms with E-state index >= 15 is 0 Å². The topological polar surface area (TPSA) is 73.2 Å². The van der Waals surface area contributed by atoms with Crippen LogP contribution in [0.15, 0.2) is 41.1 Å². The largest absolute Gasteiger partial charge is 0.341 e. The third-order valence-electron chi connectivity index (χ3n) is 3.09. The fraction of sp³-hybridized carbons (Fsp3) is 0.188. The quantitative estimate of drug-likeness (QED) is 0.922. The van der Waals surface area contributed by atoms with Crippen LogP contribution in [0.3, 0.4) is 0 Å². The van der Waals surface area contributed by atoms with Crippen LogP contribution in [0.2, 0.25) is 0 Å². The lowest BCUT2D eigenvalue weighted by molar-refractivity contribution is 0.0799. The Bertz CT molecular complexity index is 704. The van der Waals surface area contributed by atoms with E-state index < -0.39 is 0 Å². The van der Waals surface area contributed by atoms with Crippen molar-refractivity contribution >= 4 is 28.8 Å². The van der Waals surface area contributed by atoms with Gasteiger partial charge in [0.1, 0.15) is 0 Å². The first-order valence-electron chi connectivity index (χ1n) is 6.68. The lowest BCUT2D eigenvalue weighted by atomic mass is 10.1. The maximum absolute atomic E-state index is 12.4. The molecule has 0 radical (unpaired) electrons. The highest BCUT2D eigenvalue weighted by atomic mass is 32.1. The average Bonchev–Trinajstić information content (AvgIpc) is 3.07. The number of amides is 2. The molecule has 6 heteroatoms. The summed E-state index contributed by atoms with van der Waals surface area (Å²) in [6, 6.07) is 10.6. The fourth-order valence-electron chi connectivity index (χ4n) is 1.89. The Morgan fingerprint density at radius 2 is 2.09 bits per heavy atom. The number of nitrogens with one attached hydrogen (secondary N) is 1. The average molecular weight is 313 g/mol. The van der Waals surface area contributed by atoms with Crippen molar-refractivity contribution < 1.29 is 9.59 Å². The van der Waals surface area contributed by atoms with Gasteiger partial charge < -0.3 is 10.2 Å². The Labute approximate surface area is 132 Å². The van der Waals surface area contributed by atoms with Crippen molar-refractivity contribution in [1.82, 2.24) is 4.90 Å². The number of anilines is 1. The minimum Gasteiger partial charge on any atom is -0.341 e. The van der Waals surface area contributed by atoms with Gasteiger partial charge in [0.2, 0.25) is 0 Å². The second-order valence-electron chi connectivity index (χ2n) is 4.65. The number of nitriles is 1. The Hall–Kier alpha value is -2.65. The predicted octanol–water partition coefficient (Wildman–Crippen LogP) is 2.99. The number of thiophene rings is 1. The van der Waals surface area contributed by atoms with Crippen molar-refractivity contribution in [2.75, 3.05) is 18.9 Å². The van der Waals surface area contributed by atoms with E-state index in [2.05, 4.69) is 5.32 Å². The SMILES string of the molecule is CN(CCC#N)C(=O)c1ccccc1NC(=O)c1ccsc1. The Morgan fingerprint density at radius 1 is 1.32 bits per heavy atom. The van der Waals surface area contributed by atoms with Crippen LogP contribution in [0.1, 0.15) is 27.1 Å². The fourth-order valence-corrected chi connectivity index (χ4v) is 2.53. The van der Waals surface area contributed by atoms with Gasteiger partial charge in [0, 0.05) is 19.0 Å². The van der Waals surface area contributed by atoms with E-state index in [0.29, 0.717) is 23.4 Å². The zero-order valence-electron chi connectivity index (χ0n) is 12.1. The van der Waals surface area contributed by atoms with E-state index in [-0.39, 0.29) is 18.2 Å². The first-order valence-corrected chi connectivity index (χ1v) is 7.62. The minimum atomic E-state index is -0.249. The Kier molecular flexibility index (Phi) is 5.28. The Morgan fingerprint density at radius 3 is 2.77 bits per heavy atom. The summed E-state index contributed by atoms with van der Waals surface area (Å²) >= 11 is 1.44. The zero-order chi connectivity index (χ0) is 15.9. The van der Waals surface area contributed by atoms with E-state index in [1.807, 2.05) is 11.4 Å². The van der Waals surface area contributed by atoms with Gasteiger partial charge >= 0.3 is 0 Å². The molecule has 22 heavy (non-hydrogen) atoms. The molecule has 112 valence electrons. The van der Waals surface area contributed by atoms with Gasteiger partial charge in [-0.2, -0.15) is 16.6 Å². The van der Waals surface area contributed by atoms with Gasteiger partial charge in [-0.25, -0.2) is 0 Å². The predicted molar refractivity (Wildman–Crippen MR) is 85.9 cm³/mol. The van der Waals surface area contributed by atoms with Crippen molar-refractivity contribution in [2.45, 2.75) is 6.42 Å².